The van der Waals surface area contributed by atoms with Crippen molar-refractivity contribution in [3.8, 4) is 0 Å². The Bertz CT molecular complexity index is 908. The van der Waals surface area contributed by atoms with Crippen LogP contribution in [-0.4, -0.2) is 42.8 Å². The van der Waals surface area contributed by atoms with E-state index in [0.717, 1.165) is 23.2 Å². The van der Waals surface area contributed by atoms with Crippen LogP contribution >= 0.6 is 0 Å². The summed E-state index contributed by atoms with van der Waals surface area (Å²) in [6.45, 7) is 4.31. The molecule has 152 valence electrons. The second-order valence-corrected chi connectivity index (χ2v) is 7.50. The Labute approximate surface area is 171 Å². The first kappa shape index (κ1) is 20.6. The SMILES string of the molecule is CCc1ccccc1N1CC(C(=O)N(C)CC(=O)Nc2ccc(C)cc2)CC1=O. The Morgan fingerprint density at radius 1 is 1.14 bits per heavy atom. The Balaban J connectivity index is 1.60. The van der Waals surface area contributed by atoms with Crippen LogP contribution in [0, 0.1) is 12.8 Å². The molecule has 3 amide bonds. The van der Waals surface area contributed by atoms with E-state index in [-0.39, 0.29) is 30.7 Å². The number of hydrogen-bond donors (Lipinski definition) is 1. The number of para-hydroxylation sites is 1. The quantitative estimate of drug-likeness (QED) is 0.820. The third kappa shape index (κ3) is 4.83. The molecule has 0 aromatic heterocycles. The number of likely N-dealkylation sites (N-methyl/N-ethyl adjacent to an activating group) is 1. The molecule has 0 aliphatic carbocycles. The van der Waals surface area contributed by atoms with E-state index in [1.165, 1.54) is 4.90 Å². The highest BCUT2D eigenvalue weighted by molar-refractivity contribution is 6.01. The number of amides is 3. The second kappa shape index (κ2) is 8.90. The fourth-order valence-corrected chi connectivity index (χ4v) is 3.62. The molecule has 3 rings (SSSR count). The zero-order chi connectivity index (χ0) is 21.0. The van der Waals surface area contributed by atoms with Crippen LogP contribution in [0.3, 0.4) is 0 Å². The lowest BCUT2D eigenvalue weighted by Crippen LogP contribution is -2.39. The Morgan fingerprint density at radius 3 is 2.52 bits per heavy atom. The molecule has 1 atom stereocenters. The smallest absolute Gasteiger partial charge is 0.243 e. The maximum Gasteiger partial charge on any atom is 0.243 e. The van der Waals surface area contributed by atoms with E-state index in [4.69, 9.17) is 0 Å². The standard InChI is InChI=1S/C23H27N3O3/c1-4-17-7-5-6-8-20(17)26-14-18(13-22(26)28)23(29)25(3)15-21(27)24-19-11-9-16(2)10-12-19/h5-12,18H,4,13-15H2,1-3H3,(H,24,27). The van der Waals surface area contributed by atoms with Crippen molar-refractivity contribution in [2.24, 2.45) is 5.92 Å². The first-order valence-electron chi connectivity index (χ1n) is 9.88. The van der Waals surface area contributed by atoms with Gasteiger partial charge in [-0.1, -0.05) is 42.8 Å². The van der Waals surface area contributed by atoms with E-state index in [1.54, 1.807) is 11.9 Å². The molecule has 0 bridgehead atoms. The molecule has 2 aromatic carbocycles. The predicted molar refractivity (Wildman–Crippen MR) is 114 cm³/mol. The number of nitrogens with zero attached hydrogens (tertiary/aromatic N) is 2. The number of carbonyl (C=O) groups excluding carboxylic acids is 3. The van der Waals surface area contributed by atoms with Crippen LogP contribution < -0.4 is 10.2 Å². The topological polar surface area (TPSA) is 69.7 Å². The molecule has 1 unspecified atom stereocenters. The number of benzene rings is 2. The van der Waals surface area contributed by atoms with Crippen LogP contribution in [0.25, 0.3) is 0 Å². The highest BCUT2D eigenvalue weighted by atomic mass is 16.2. The number of anilines is 2. The van der Waals surface area contributed by atoms with Crippen molar-refractivity contribution in [3.05, 3.63) is 59.7 Å². The van der Waals surface area contributed by atoms with Gasteiger partial charge in [-0.15, -0.1) is 0 Å². The average Bonchev–Trinajstić information content (AvgIpc) is 3.10. The molecule has 1 fully saturated rings. The number of nitrogens with one attached hydrogen (secondary N) is 1. The second-order valence-electron chi connectivity index (χ2n) is 7.50. The molecule has 1 aliphatic rings. The number of aryl methyl sites for hydroxylation is 2. The molecule has 6 nitrogen and oxygen atoms in total. The van der Waals surface area contributed by atoms with E-state index in [9.17, 15) is 14.4 Å². The van der Waals surface area contributed by atoms with Gasteiger partial charge < -0.3 is 15.1 Å². The zero-order valence-electron chi connectivity index (χ0n) is 17.1. The van der Waals surface area contributed by atoms with Gasteiger partial charge in [0.15, 0.2) is 0 Å². The molecule has 1 N–H and O–H groups in total. The number of rotatable bonds is 6. The highest BCUT2D eigenvalue weighted by Crippen LogP contribution is 2.29. The highest BCUT2D eigenvalue weighted by Gasteiger charge is 2.37. The molecular formula is C23H27N3O3. The van der Waals surface area contributed by atoms with Crippen LogP contribution in [0.4, 0.5) is 11.4 Å². The molecule has 1 heterocycles. The molecule has 0 radical (unpaired) electrons. The summed E-state index contributed by atoms with van der Waals surface area (Å²) in [5, 5.41) is 2.79. The van der Waals surface area contributed by atoms with Gasteiger partial charge in [0.1, 0.15) is 0 Å². The first-order chi connectivity index (χ1) is 13.9. The summed E-state index contributed by atoms with van der Waals surface area (Å²) in [4.78, 5) is 40.7. The molecule has 0 spiro atoms. The van der Waals surface area contributed by atoms with E-state index >= 15 is 0 Å². The van der Waals surface area contributed by atoms with Crippen LogP contribution in [0.2, 0.25) is 0 Å². The van der Waals surface area contributed by atoms with E-state index in [1.807, 2.05) is 62.4 Å². The molecular weight excluding hydrogens is 366 g/mol. The van der Waals surface area contributed by atoms with E-state index < -0.39 is 5.92 Å². The normalized spacial score (nSPS) is 16.0. The number of carbonyl (C=O) groups is 3. The monoisotopic (exact) mass is 393 g/mol. The molecule has 1 aliphatic heterocycles. The van der Waals surface area contributed by atoms with Crippen LogP contribution in [0.1, 0.15) is 24.5 Å². The van der Waals surface area contributed by atoms with Gasteiger partial charge in [0.2, 0.25) is 17.7 Å². The Hall–Kier alpha value is -3.15. The van der Waals surface area contributed by atoms with Crippen molar-refractivity contribution in [2.45, 2.75) is 26.7 Å². The van der Waals surface area contributed by atoms with Crippen molar-refractivity contribution in [2.75, 3.05) is 30.4 Å². The van der Waals surface area contributed by atoms with Gasteiger partial charge in [-0.25, -0.2) is 0 Å². The van der Waals surface area contributed by atoms with Crippen molar-refractivity contribution < 1.29 is 14.4 Å². The van der Waals surface area contributed by atoms with Gasteiger partial charge in [-0.2, -0.15) is 0 Å². The lowest BCUT2D eigenvalue weighted by Gasteiger charge is -2.22. The van der Waals surface area contributed by atoms with E-state index in [0.29, 0.717) is 12.2 Å². The van der Waals surface area contributed by atoms with Gasteiger partial charge in [-0.3, -0.25) is 14.4 Å². The van der Waals surface area contributed by atoms with Crippen molar-refractivity contribution in [3.63, 3.8) is 0 Å². The van der Waals surface area contributed by atoms with Crippen molar-refractivity contribution in [1.29, 1.82) is 0 Å². The lowest BCUT2D eigenvalue weighted by molar-refractivity contribution is -0.137. The number of hydrogen-bond acceptors (Lipinski definition) is 3. The maximum atomic E-state index is 12.8. The first-order valence-corrected chi connectivity index (χ1v) is 9.88. The van der Waals surface area contributed by atoms with Gasteiger partial charge >= 0.3 is 0 Å². The Kier molecular flexibility index (Phi) is 6.32. The molecule has 1 saturated heterocycles. The fraction of sp³-hybridized carbons (Fsp3) is 0.348. The molecule has 0 saturated carbocycles. The van der Waals surface area contributed by atoms with Crippen LogP contribution in [0.5, 0.6) is 0 Å². The molecule has 2 aromatic rings. The van der Waals surface area contributed by atoms with Crippen LogP contribution in [0.15, 0.2) is 48.5 Å². The largest absolute Gasteiger partial charge is 0.336 e. The summed E-state index contributed by atoms with van der Waals surface area (Å²) in [5.74, 6) is -0.942. The zero-order valence-corrected chi connectivity index (χ0v) is 17.1. The summed E-state index contributed by atoms with van der Waals surface area (Å²) in [7, 11) is 1.60. The third-order valence-electron chi connectivity index (χ3n) is 5.23. The Morgan fingerprint density at radius 2 is 1.83 bits per heavy atom. The summed E-state index contributed by atoms with van der Waals surface area (Å²) in [5.41, 5.74) is 3.75. The molecule has 6 heteroatoms. The molecule has 29 heavy (non-hydrogen) atoms. The summed E-state index contributed by atoms with van der Waals surface area (Å²) < 4.78 is 0. The minimum Gasteiger partial charge on any atom is -0.336 e. The van der Waals surface area contributed by atoms with Gasteiger partial charge in [0.25, 0.3) is 0 Å². The maximum absolute atomic E-state index is 12.8. The predicted octanol–water partition coefficient (Wildman–Crippen LogP) is 3.01. The van der Waals surface area contributed by atoms with Gasteiger partial charge in [0, 0.05) is 31.4 Å². The fourth-order valence-electron chi connectivity index (χ4n) is 3.62. The summed E-state index contributed by atoms with van der Waals surface area (Å²) >= 11 is 0. The van der Waals surface area contributed by atoms with Gasteiger partial charge in [-0.05, 0) is 37.1 Å². The van der Waals surface area contributed by atoms with Crippen LogP contribution in [-0.2, 0) is 20.8 Å². The van der Waals surface area contributed by atoms with Crippen molar-refractivity contribution >= 4 is 29.1 Å². The minimum absolute atomic E-state index is 0.0526. The van der Waals surface area contributed by atoms with Gasteiger partial charge in [0.05, 0.1) is 12.5 Å². The summed E-state index contributed by atoms with van der Waals surface area (Å²) in [6.07, 6.45) is 0.985. The lowest BCUT2D eigenvalue weighted by atomic mass is 10.1. The average molecular weight is 393 g/mol. The van der Waals surface area contributed by atoms with Crippen molar-refractivity contribution in [1.82, 2.24) is 4.90 Å². The third-order valence-corrected chi connectivity index (χ3v) is 5.23. The minimum atomic E-state index is -0.440. The summed E-state index contributed by atoms with van der Waals surface area (Å²) in [6, 6.07) is 15.3. The van der Waals surface area contributed by atoms with E-state index in [2.05, 4.69) is 5.32 Å².